The molecule has 0 fully saturated rings. The largest absolute Gasteiger partial charge is 0.467 e. The average molecular weight is 153 g/mol. The number of carbonyl (C=O) groups excluding carboxylic acids is 1. The molecule has 3 nitrogen and oxygen atoms in total. The van der Waals surface area contributed by atoms with E-state index >= 15 is 0 Å². The highest BCUT2D eigenvalue weighted by Gasteiger charge is 2.03. The third-order valence-corrected chi connectivity index (χ3v) is 1.51. The van der Waals surface area contributed by atoms with Gasteiger partial charge in [-0.05, 0) is 12.1 Å². The van der Waals surface area contributed by atoms with Crippen LogP contribution in [0.2, 0.25) is 0 Å². The second-order valence-electron chi connectivity index (χ2n) is 2.45. The van der Waals surface area contributed by atoms with Crippen LogP contribution in [0.25, 0.3) is 0 Å². The first kappa shape index (κ1) is 7.85. The Morgan fingerprint density at radius 1 is 1.73 bits per heavy atom. The Morgan fingerprint density at radius 3 is 2.91 bits per heavy atom. The maximum absolute atomic E-state index is 10.8. The van der Waals surface area contributed by atoms with E-state index in [1.807, 2.05) is 12.1 Å². The highest BCUT2D eigenvalue weighted by atomic mass is 16.3. The summed E-state index contributed by atoms with van der Waals surface area (Å²) in [6.45, 7) is 2.07. The van der Waals surface area contributed by atoms with E-state index in [1.54, 1.807) is 18.2 Å². The molecule has 1 heterocycles. The summed E-state index contributed by atoms with van der Waals surface area (Å²) in [5.74, 6) is 0.851. The van der Waals surface area contributed by atoms with Crippen molar-refractivity contribution in [2.75, 3.05) is 7.05 Å². The molecule has 1 aromatic rings. The second kappa shape index (κ2) is 3.23. The molecule has 0 spiro atoms. The van der Waals surface area contributed by atoms with Crippen LogP contribution in [0, 0.1) is 0 Å². The summed E-state index contributed by atoms with van der Waals surface area (Å²) in [5.41, 5.74) is 0. The molecule has 0 saturated carbocycles. The predicted octanol–water partition coefficient (Wildman–Crippen LogP) is 1.26. The Balaban J connectivity index is 2.50. The standard InChI is InChI=1S/C8H11NO2/c1-7(10)9(2)6-8-4-3-5-11-8/h3-5H,6H2,1-2H3. The van der Waals surface area contributed by atoms with E-state index in [9.17, 15) is 4.79 Å². The Hall–Kier alpha value is -1.25. The molecule has 3 heteroatoms. The van der Waals surface area contributed by atoms with Crippen LogP contribution in [0.15, 0.2) is 22.8 Å². The van der Waals surface area contributed by atoms with Gasteiger partial charge in [0, 0.05) is 14.0 Å². The van der Waals surface area contributed by atoms with Crippen LogP contribution in [-0.4, -0.2) is 17.9 Å². The third kappa shape index (κ3) is 2.11. The first-order valence-corrected chi connectivity index (χ1v) is 3.44. The van der Waals surface area contributed by atoms with E-state index in [1.165, 1.54) is 6.92 Å². The molecule has 0 aliphatic carbocycles. The highest BCUT2D eigenvalue weighted by Crippen LogP contribution is 2.02. The number of carbonyl (C=O) groups is 1. The first-order chi connectivity index (χ1) is 5.20. The van der Waals surface area contributed by atoms with Gasteiger partial charge in [-0.15, -0.1) is 0 Å². The molecule has 0 aromatic carbocycles. The molecule has 1 aromatic heterocycles. The van der Waals surface area contributed by atoms with E-state index in [2.05, 4.69) is 0 Å². The number of nitrogens with zero attached hydrogens (tertiary/aromatic N) is 1. The lowest BCUT2D eigenvalue weighted by Crippen LogP contribution is -2.22. The minimum Gasteiger partial charge on any atom is -0.467 e. The van der Waals surface area contributed by atoms with E-state index < -0.39 is 0 Å². The summed E-state index contributed by atoms with van der Waals surface area (Å²) in [6, 6.07) is 3.66. The highest BCUT2D eigenvalue weighted by molar-refractivity contribution is 5.72. The SMILES string of the molecule is CC(=O)N(C)Cc1ccco1. The average Bonchev–Trinajstić information content (AvgIpc) is 2.39. The number of rotatable bonds is 2. The molecule has 0 aliphatic rings. The Bertz CT molecular complexity index is 228. The van der Waals surface area contributed by atoms with E-state index in [0.29, 0.717) is 6.54 Å². The number of hydrogen-bond acceptors (Lipinski definition) is 2. The van der Waals surface area contributed by atoms with E-state index in [4.69, 9.17) is 4.42 Å². The molecule has 0 N–H and O–H groups in total. The molecule has 0 aliphatic heterocycles. The van der Waals surface area contributed by atoms with Crippen LogP contribution in [-0.2, 0) is 11.3 Å². The van der Waals surface area contributed by atoms with Crippen LogP contribution >= 0.6 is 0 Å². The monoisotopic (exact) mass is 153 g/mol. The number of furan rings is 1. The summed E-state index contributed by atoms with van der Waals surface area (Å²) in [7, 11) is 1.74. The minimum atomic E-state index is 0.0430. The Morgan fingerprint density at radius 2 is 2.45 bits per heavy atom. The summed E-state index contributed by atoms with van der Waals surface area (Å²) in [5, 5.41) is 0. The fourth-order valence-electron chi connectivity index (χ4n) is 0.748. The molecule has 60 valence electrons. The zero-order valence-corrected chi connectivity index (χ0v) is 6.70. The number of amides is 1. The minimum absolute atomic E-state index is 0.0430. The van der Waals surface area contributed by atoms with Crippen molar-refractivity contribution in [3.63, 3.8) is 0 Å². The van der Waals surface area contributed by atoms with Gasteiger partial charge in [0.1, 0.15) is 5.76 Å². The van der Waals surface area contributed by atoms with Crippen molar-refractivity contribution in [1.82, 2.24) is 4.90 Å². The van der Waals surface area contributed by atoms with Gasteiger partial charge < -0.3 is 9.32 Å². The van der Waals surface area contributed by atoms with Gasteiger partial charge in [-0.2, -0.15) is 0 Å². The lowest BCUT2D eigenvalue weighted by Gasteiger charge is -2.11. The van der Waals surface area contributed by atoms with Crippen molar-refractivity contribution in [2.24, 2.45) is 0 Å². The summed E-state index contributed by atoms with van der Waals surface area (Å²) < 4.78 is 5.06. The normalized spacial score (nSPS) is 9.64. The lowest BCUT2D eigenvalue weighted by molar-refractivity contribution is -0.128. The van der Waals surface area contributed by atoms with Gasteiger partial charge in [0.15, 0.2) is 0 Å². The van der Waals surface area contributed by atoms with Crippen molar-refractivity contribution in [1.29, 1.82) is 0 Å². The zero-order valence-electron chi connectivity index (χ0n) is 6.70. The summed E-state index contributed by atoms with van der Waals surface area (Å²) in [6.07, 6.45) is 1.60. The molecule has 11 heavy (non-hydrogen) atoms. The van der Waals surface area contributed by atoms with Crippen LogP contribution in [0.5, 0.6) is 0 Å². The van der Waals surface area contributed by atoms with Crippen molar-refractivity contribution in [3.05, 3.63) is 24.2 Å². The second-order valence-corrected chi connectivity index (χ2v) is 2.45. The topological polar surface area (TPSA) is 33.5 Å². The molecule has 0 unspecified atom stereocenters. The van der Waals surface area contributed by atoms with Gasteiger partial charge in [-0.25, -0.2) is 0 Å². The number of hydrogen-bond donors (Lipinski definition) is 0. The molecule has 0 saturated heterocycles. The van der Waals surface area contributed by atoms with Crippen molar-refractivity contribution >= 4 is 5.91 Å². The predicted molar refractivity (Wildman–Crippen MR) is 40.9 cm³/mol. The maximum Gasteiger partial charge on any atom is 0.219 e. The van der Waals surface area contributed by atoms with Crippen molar-refractivity contribution < 1.29 is 9.21 Å². The third-order valence-electron chi connectivity index (χ3n) is 1.51. The molecular weight excluding hydrogens is 142 g/mol. The van der Waals surface area contributed by atoms with Crippen LogP contribution in [0.1, 0.15) is 12.7 Å². The molecule has 0 atom stereocenters. The van der Waals surface area contributed by atoms with Gasteiger partial charge in [0.25, 0.3) is 0 Å². The summed E-state index contributed by atoms with van der Waals surface area (Å²) >= 11 is 0. The fourth-order valence-corrected chi connectivity index (χ4v) is 0.748. The van der Waals surface area contributed by atoms with Crippen molar-refractivity contribution in [3.8, 4) is 0 Å². The van der Waals surface area contributed by atoms with Crippen LogP contribution in [0.4, 0.5) is 0 Å². The quantitative estimate of drug-likeness (QED) is 0.640. The van der Waals surface area contributed by atoms with Crippen molar-refractivity contribution in [2.45, 2.75) is 13.5 Å². The zero-order chi connectivity index (χ0) is 8.27. The van der Waals surface area contributed by atoms with Gasteiger partial charge in [-0.3, -0.25) is 4.79 Å². The first-order valence-electron chi connectivity index (χ1n) is 3.44. The lowest BCUT2D eigenvalue weighted by atomic mass is 10.4. The molecule has 0 bridgehead atoms. The smallest absolute Gasteiger partial charge is 0.219 e. The molecule has 0 radical (unpaired) electrons. The Labute approximate surface area is 65.6 Å². The van der Waals surface area contributed by atoms with Crippen LogP contribution in [0.3, 0.4) is 0 Å². The van der Waals surface area contributed by atoms with E-state index in [0.717, 1.165) is 5.76 Å². The van der Waals surface area contributed by atoms with Crippen LogP contribution < -0.4 is 0 Å². The van der Waals surface area contributed by atoms with Gasteiger partial charge in [-0.1, -0.05) is 0 Å². The summed E-state index contributed by atoms with van der Waals surface area (Å²) in [4.78, 5) is 12.4. The maximum atomic E-state index is 10.8. The van der Waals surface area contributed by atoms with Gasteiger partial charge in [0.05, 0.1) is 12.8 Å². The fraction of sp³-hybridized carbons (Fsp3) is 0.375. The Kier molecular flexibility index (Phi) is 2.31. The molecule has 1 rings (SSSR count). The van der Waals surface area contributed by atoms with Gasteiger partial charge >= 0.3 is 0 Å². The molecule has 1 amide bonds. The van der Waals surface area contributed by atoms with E-state index in [-0.39, 0.29) is 5.91 Å². The molecular formula is C8H11NO2. The van der Waals surface area contributed by atoms with Gasteiger partial charge in [0.2, 0.25) is 5.91 Å².